The first-order valence-electron chi connectivity index (χ1n) is 14.3. The first-order valence-corrected chi connectivity index (χ1v) is 14.3. The predicted molar refractivity (Wildman–Crippen MR) is 154 cm³/mol. The number of carbonyl (C=O) groups excluding carboxylic acids is 2. The van der Waals surface area contributed by atoms with Crippen molar-refractivity contribution in [1.82, 2.24) is 40.0 Å². The van der Waals surface area contributed by atoms with Gasteiger partial charge in [0.15, 0.2) is 17.1 Å². The van der Waals surface area contributed by atoms with Crippen molar-refractivity contribution in [3.05, 3.63) is 83.9 Å². The molecule has 1 aliphatic carbocycles. The van der Waals surface area contributed by atoms with E-state index in [1.807, 2.05) is 35.2 Å². The van der Waals surface area contributed by atoms with Crippen LogP contribution in [-0.2, 0) is 4.79 Å². The lowest BCUT2D eigenvalue weighted by molar-refractivity contribution is -0.122. The second kappa shape index (κ2) is 11.4. The topological polar surface area (TPSA) is 135 Å². The van der Waals surface area contributed by atoms with Crippen molar-refractivity contribution in [2.75, 3.05) is 31.5 Å². The maximum absolute atomic E-state index is 14.1. The van der Waals surface area contributed by atoms with Crippen LogP contribution in [0.3, 0.4) is 0 Å². The Morgan fingerprint density at radius 1 is 0.978 bits per heavy atom. The summed E-state index contributed by atoms with van der Waals surface area (Å²) in [6, 6.07) is 16.9. The maximum atomic E-state index is 14.1. The van der Waals surface area contributed by atoms with E-state index in [1.165, 1.54) is 6.20 Å². The van der Waals surface area contributed by atoms with Crippen molar-refractivity contribution < 1.29 is 27.2 Å². The van der Waals surface area contributed by atoms with Crippen molar-refractivity contribution in [1.29, 1.82) is 0 Å². The van der Waals surface area contributed by atoms with Crippen LogP contribution in [0.4, 0.5) is 18.9 Å². The Kier molecular flexibility index (Phi) is 7.23. The van der Waals surface area contributed by atoms with Crippen LogP contribution in [0.2, 0.25) is 0 Å². The van der Waals surface area contributed by atoms with Crippen molar-refractivity contribution in [2.45, 2.75) is 31.1 Å². The van der Waals surface area contributed by atoms with E-state index in [1.54, 1.807) is 35.2 Å². The van der Waals surface area contributed by atoms with E-state index in [4.69, 9.17) is 4.42 Å². The largest absolute Gasteiger partial charge is 0.436 e. The normalized spacial score (nSPS) is 17.0. The lowest BCUT2D eigenvalue weighted by Gasteiger charge is -2.38. The average molecular weight is 618 g/mol. The Hall–Kier alpha value is -5.18. The van der Waals surface area contributed by atoms with Gasteiger partial charge >= 0.3 is 6.55 Å². The molecule has 230 valence electrons. The number of oxazole rings is 1. The van der Waals surface area contributed by atoms with E-state index in [0.29, 0.717) is 48.5 Å². The molecule has 0 unspecified atom stereocenters. The minimum absolute atomic E-state index is 0.151. The molecule has 2 aromatic carbocycles. The number of piperazine rings is 1. The molecule has 0 bridgehead atoms. The van der Waals surface area contributed by atoms with Gasteiger partial charge in [0.05, 0.1) is 6.04 Å². The SMILES string of the molecule is O=C(c1cc(-c2nc3cc(NC(=O)C4(F)CC4)ccc3o2)ccn1)N1CCN([C@@H](c2ccccc2)c2nnn(C(F)F)n2)CC1. The maximum Gasteiger partial charge on any atom is 0.350 e. The summed E-state index contributed by atoms with van der Waals surface area (Å²) < 4.78 is 46.3. The first-order chi connectivity index (χ1) is 21.8. The van der Waals surface area contributed by atoms with Crippen molar-refractivity contribution in [2.24, 2.45) is 0 Å². The van der Waals surface area contributed by atoms with Gasteiger partial charge in [-0.15, -0.1) is 10.2 Å². The Labute approximate surface area is 253 Å². The van der Waals surface area contributed by atoms with Gasteiger partial charge in [-0.2, -0.15) is 8.78 Å². The zero-order chi connectivity index (χ0) is 31.1. The Morgan fingerprint density at radius 2 is 1.76 bits per heavy atom. The number of benzene rings is 2. The van der Waals surface area contributed by atoms with Gasteiger partial charge in [-0.05, 0) is 54.0 Å². The molecular weight excluding hydrogens is 591 g/mol. The highest BCUT2D eigenvalue weighted by Crippen LogP contribution is 2.41. The summed E-state index contributed by atoms with van der Waals surface area (Å²) in [7, 11) is 0. The number of anilines is 1. The third-order valence-corrected chi connectivity index (χ3v) is 7.91. The smallest absolute Gasteiger partial charge is 0.350 e. The van der Waals surface area contributed by atoms with Gasteiger partial charge < -0.3 is 14.6 Å². The number of tetrazole rings is 1. The van der Waals surface area contributed by atoms with Crippen LogP contribution >= 0.6 is 0 Å². The minimum atomic E-state index is -2.91. The molecule has 15 heteroatoms. The summed E-state index contributed by atoms with van der Waals surface area (Å²) in [6.45, 7) is -1.33. The number of rotatable bonds is 8. The van der Waals surface area contributed by atoms with Crippen molar-refractivity contribution >= 4 is 28.6 Å². The fourth-order valence-corrected chi connectivity index (χ4v) is 5.32. The number of nitrogens with one attached hydrogen (secondary N) is 1. The summed E-state index contributed by atoms with van der Waals surface area (Å²) in [6.07, 6.45) is 1.93. The molecule has 1 saturated carbocycles. The second-order valence-corrected chi connectivity index (χ2v) is 10.9. The third kappa shape index (κ3) is 5.73. The molecule has 2 aliphatic rings. The van der Waals surface area contributed by atoms with Crippen LogP contribution in [0, 0.1) is 0 Å². The molecular formula is C30H26F3N9O3. The van der Waals surface area contributed by atoms with E-state index >= 15 is 0 Å². The average Bonchev–Trinajstić information content (AvgIpc) is 3.43. The van der Waals surface area contributed by atoms with E-state index in [-0.39, 0.29) is 41.0 Å². The number of pyridine rings is 1. The van der Waals surface area contributed by atoms with E-state index in [2.05, 4.69) is 30.7 Å². The summed E-state index contributed by atoms with van der Waals surface area (Å²) in [5, 5.41) is 13.9. The molecule has 12 nitrogen and oxygen atoms in total. The lowest BCUT2D eigenvalue weighted by Crippen LogP contribution is -2.50. The molecule has 3 aromatic heterocycles. The summed E-state index contributed by atoms with van der Waals surface area (Å²) in [5.74, 6) is -0.544. The van der Waals surface area contributed by atoms with Crippen LogP contribution in [0.15, 0.2) is 71.3 Å². The molecule has 2 amide bonds. The molecule has 0 radical (unpaired) electrons. The number of halogens is 3. The monoisotopic (exact) mass is 617 g/mol. The van der Waals surface area contributed by atoms with E-state index in [0.717, 1.165) is 5.56 Å². The van der Waals surface area contributed by atoms with Crippen LogP contribution in [-0.4, -0.2) is 83.6 Å². The molecule has 0 spiro atoms. The van der Waals surface area contributed by atoms with Crippen molar-refractivity contribution in [3.63, 3.8) is 0 Å². The molecule has 5 aromatic rings. The Bertz CT molecular complexity index is 1870. The fraction of sp³-hybridized carbons (Fsp3) is 0.300. The van der Waals surface area contributed by atoms with Crippen LogP contribution in [0.25, 0.3) is 22.6 Å². The van der Waals surface area contributed by atoms with Gasteiger partial charge in [-0.3, -0.25) is 19.5 Å². The Morgan fingerprint density at radius 3 is 2.47 bits per heavy atom. The van der Waals surface area contributed by atoms with Gasteiger partial charge in [0.1, 0.15) is 11.2 Å². The van der Waals surface area contributed by atoms with Gasteiger partial charge in [0.25, 0.3) is 11.8 Å². The van der Waals surface area contributed by atoms with Gasteiger partial charge in [0, 0.05) is 43.6 Å². The van der Waals surface area contributed by atoms with Crippen LogP contribution in [0.1, 0.15) is 47.3 Å². The van der Waals surface area contributed by atoms with Gasteiger partial charge in [0.2, 0.25) is 5.89 Å². The summed E-state index contributed by atoms with van der Waals surface area (Å²) >= 11 is 0. The number of hydrogen-bond donors (Lipinski definition) is 1. The first kappa shape index (κ1) is 28.6. The Balaban J connectivity index is 1.05. The van der Waals surface area contributed by atoms with E-state index in [9.17, 15) is 22.8 Å². The molecule has 45 heavy (non-hydrogen) atoms. The van der Waals surface area contributed by atoms with Gasteiger partial charge in [-0.1, -0.05) is 35.1 Å². The highest BCUT2D eigenvalue weighted by molar-refractivity contribution is 6.00. The second-order valence-electron chi connectivity index (χ2n) is 10.9. The number of carbonyl (C=O) groups is 2. The fourth-order valence-electron chi connectivity index (χ4n) is 5.32. The molecule has 4 heterocycles. The zero-order valence-electron chi connectivity index (χ0n) is 23.7. The number of fused-ring (bicyclic) bond motifs is 1. The number of nitrogens with zero attached hydrogens (tertiary/aromatic N) is 8. The molecule has 1 atom stereocenters. The highest BCUT2D eigenvalue weighted by atomic mass is 19.3. The standard InChI is InChI=1S/C30H26F3N9O3/c31-29(32)42-38-25(37-39-42)24(18-4-2-1-3-5-18)40-12-14-41(15-13-40)27(43)22-16-19(8-11-34-22)26-36-21-17-20(6-7-23(21)45-26)35-28(44)30(33)9-10-30/h1-8,11,16-17,24,29H,9-10,12-15H2,(H,35,44)/t24-/m0/s1. The van der Waals surface area contributed by atoms with Crippen LogP contribution in [0.5, 0.6) is 0 Å². The molecule has 1 saturated heterocycles. The van der Waals surface area contributed by atoms with E-state index < -0.39 is 24.2 Å². The molecule has 1 aliphatic heterocycles. The quantitative estimate of drug-likeness (QED) is 0.271. The highest BCUT2D eigenvalue weighted by Gasteiger charge is 2.50. The number of hydrogen-bond acceptors (Lipinski definition) is 9. The van der Waals surface area contributed by atoms with Gasteiger partial charge in [-0.25, -0.2) is 9.37 Å². The number of alkyl halides is 3. The predicted octanol–water partition coefficient (Wildman–Crippen LogP) is 4.26. The summed E-state index contributed by atoms with van der Waals surface area (Å²) in [4.78, 5) is 38.3. The molecule has 2 fully saturated rings. The minimum Gasteiger partial charge on any atom is -0.436 e. The number of aromatic nitrogens is 6. The van der Waals surface area contributed by atoms with Crippen LogP contribution < -0.4 is 5.32 Å². The summed E-state index contributed by atoms with van der Waals surface area (Å²) in [5.41, 5.74) is 1.09. The third-order valence-electron chi connectivity index (χ3n) is 7.91. The van der Waals surface area contributed by atoms with Crippen molar-refractivity contribution in [3.8, 4) is 11.5 Å². The number of amides is 2. The lowest BCUT2D eigenvalue weighted by atomic mass is 10.0. The molecule has 1 N–H and O–H groups in total. The zero-order valence-corrected chi connectivity index (χ0v) is 23.7. The molecule has 7 rings (SSSR count).